The van der Waals surface area contributed by atoms with Crippen LogP contribution >= 0.6 is 0 Å². The summed E-state index contributed by atoms with van der Waals surface area (Å²) in [6.45, 7) is 5.83. The van der Waals surface area contributed by atoms with E-state index >= 15 is 0 Å². The smallest absolute Gasteiger partial charge is 0.224 e. The molecule has 33 heavy (non-hydrogen) atoms. The Hall–Kier alpha value is -2.48. The molecule has 1 atom stereocenters. The average molecular weight is 452 g/mol. The zero-order valence-corrected chi connectivity index (χ0v) is 19.8. The number of fused-ring (bicyclic) bond motifs is 1. The fourth-order valence-electron chi connectivity index (χ4n) is 4.78. The van der Waals surface area contributed by atoms with Crippen LogP contribution in [0.15, 0.2) is 36.7 Å². The van der Waals surface area contributed by atoms with Crippen molar-refractivity contribution < 1.29 is 10.2 Å². The topological polar surface area (TPSA) is 95.2 Å². The van der Waals surface area contributed by atoms with Gasteiger partial charge >= 0.3 is 0 Å². The zero-order valence-electron chi connectivity index (χ0n) is 19.8. The Morgan fingerprint density at radius 2 is 1.91 bits per heavy atom. The number of nitrogens with zero attached hydrogens (tertiary/aromatic N) is 3. The zero-order chi connectivity index (χ0) is 23.2. The normalized spacial score (nSPS) is 19.6. The number of aliphatic hydroxyl groups excluding tert-OH is 2. The first kappa shape index (κ1) is 23.7. The maximum absolute atomic E-state index is 10.0. The SMILES string of the molecule is CCC[C@@H](C)Nc1ncc2c(-c3ccc(CNCCO)cc3)cn(C3CCC(O)CC3)c2n1. The van der Waals surface area contributed by atoms with Crippen molar-refractivity contribution >= 4 is 17.0 Å². The summed E-state index contributed by atoms with van der Waals surface area (Å²) in [5.41, 5.74) is 4.43. The van der Waals surface area contributed by atoms with Crippen molar-refractivity contribution in [2.24, 2.45) is 0 Å². The number of hydrogen-bond donors (Lipinski definition) is 4. The van der Waals surface area contributed by atoms with Gasteiger partial charge in [0.1, 0.15) is 5.65 Å². The van der Waals surface area contributed by atoms with E-state index in [0.717, 1.165) is 67.2 Å². The van der Waals surface area contributed by atoms with Gasteiger partial charge in [0.25, 0.3) is 0 Å². The molecule has 0 spiro atoms. The number of nitrogens with one attached hydrogen (secondary N) is 2. The number of rotatable bonds is 10. The minimum absolute atomic E-state index is 0.143. The summed E-state index contributed by atoms with van der Waals surface area (Å²) in [4.78, 5) is 9.59. The van der Waals surface area contributed by atoms with E-state index in [0.29, 0.717) is 24.6 Å². The third-order valence-corrected chi connectivity index (χ3v) is 6.61. The minimum atomic E-state index is -0.184. The number of benzene rings is 1. The minimum Gasteiger partial charge on any atom is -0.395 e. The van der Waals surface area contributed by atoms with Gasteiger partial charge in [0.15, 0.2) is 0 Å². The summed E-state index contributed by atoms with van der Waals surface area (Å²) >= 11 is 0. The quantitative estimate of drug-likeness (QED) is 0.344. The van der Waals surface area contributed by atoms with Crippen molar-refractivity contribution in [1.82, 2.24) is 19.9 Å². The second-order valence-corrected chi connectivity index (χ2v) is 9.27. The van der Waals surface area contributed by atoms with Crippen molar-refractivity contribution in [1.29, 1.82) is 0 Å². The standard InChI is InChI=1S/C26H37N5O2/c1-3-4-18(2)29-26-28-16-23-24(20-7-5-19(6-8-20)15-27-13-14-32)17-31(25(23)30-26)21-9-11-22(33)12-10-21/h5-8,16-18,21-22,27,32-33H,3-4,9-15H2,1-2H3,(H,28,29,30)/t18-,21?,22?/m1/s1. The first-order chi connectivity index (χ1) is 16.1. The molecule has 1 aliphatic rings. The van der Waals surface area contributed by atoms with E-state index in [-0.39, 0.29) is 12.7 Å². The molecule has 4 rings (SSSR count). The molecule has 2 heterocycles. The molecule has 0 amide bonds. The lowest BCUT2D eigenvalue weighted by molar-refractivity contribution is 0.111. The lowest BCUT2D eigenvalue weighted by Crippen LogP contribution is -2.21. The molecule has 7 heteroatoms. The van der Waals surface area contributed by atoms with E-state index < -0.39 is 0 Å². The van der Waals surface area contributed by atoms with Gasteiger partial charge in [0.2, 0.25) is 5.95 Å². The molecular formula is C26H37N5O2. The van der Waals surface area contributed by atoms with Crippen LogP contribution in [0, 0.1) is 0 Å². The van der Waals surface area contributed by atoms with Gasteiger partial charge in [-0.05, 0) is 50.2 Å². The number of aromatic nitrogens is 3. The molecule has 0 aliphatic heterocycles. The molecule has 7 nitrogen and oxygen atoms in total. The molecule has 1 aliphatic carbocycles. The van der Waals surface area contributed by atoms with Crippen molar-refractivity contribution in [2.45, 2.75) is 77.1 Å². The second kappa shape index (κ2) is 11.1. The summed E-state index contributed by atoms with van der Waals surface area (Å²) < 4.78 is 2.31. The Bertz CT molecular complexity index is 1030. The Morgan fingerprint density at radius 3 is 2.61 bits per heavy atom. The number of aliphatic hydroxyl groups is 2. The average Bonchev–Trinajstić information content (AvgIpc) is 3.19. The van der Waals surface area contributed by atoms with Gasteiger partial charge in [-0.3, -0.25) is 0 Å². The Kier molecular flexibility index (Phi) is 7.96. The largest absolute Gasteiger partial charge is 0.395 e. The highest BCUT2D eigenvalue weighted by Crippen LogP contribution is 2.36. The summed E-state index contributed by atoms with van der Waals surface area (Å²) in [5.74, 6) is 0.676. The predicted molar refractivity (Wildman–Crippen MR) is 133 cm³/mol. The summed E-state index contributed by atoms with van der Waals surface area (Å²) in [5, 5.41) is 26.7. The van der Waals surface area contributed by atoms with Gasteiger partial charge in [-0.1, -0.05) is 37.6 Å². The van der Waals surface area contributed by atoms with Crippen LogP contribution in [-0.4, -0.2) is 50.0 Å². The number of hydrogen-bond acceptors (Lipinski definition) is 6. The summed E-state index contributed by atoms with van der Waals surface area (Å²) in [7, 11) is 0. The van der Waals surface area contributed by atoms with Crippen LogP contribution in [0.4, 0.5) is 5.95 Å². The van der Waals surface area contributed by atoms with Gasteiger partial charge in [0, 0.05) is 48.5 Å². The van der Waals surface area contributed by atoms with Crippen molar-refractivity contribution in [3.63, 3.8) is 0 Å². The van der Waals surface area contributed by atoms with Crippen molar-refractivity contribution in [3.8, 4) is 11.1 Å². The molecule has 0 bridgehead atoms. The Labute approximate surface area is 196 Å². The molecule has 0 unspecified atom stereocenters. The van der Waals surface area contributed by atoms with Gasteiger partial charge in [0.05, 0.1) is 12.7 Å². The van der Waals surface area contributed by atoms with E-state index in [1.807, 2.05) is 6.20 Å². The van der Waals surface area contributed by atoms with E-state index in [1.165, 1.54) is 5.56 Å². The fourth-order valence-corrected chi connectivity index (χ4v) is 4.78. The van der Waals surface area contributed by atoms with Crippen LogP contribution in [0.3, 0.4) is 0 Å². The van der Waals surface area contributed by atoms with E-state index in [2.05, 4.69) is 64.5 Å². The summed E-state index contributed by atoms with van der Waals surface area (Å²) in [6, 6.07) is 9.21. The third kappa shape index (κ3) is 5.72. The van der Waals surface area contributed by atoms with Crippen molar-refractivity contribution in [2.75, 3.05) is 18.5 Å². The van der Waals surface area contributed by atoms with Crippen LogP contribution in [0.2, 0.25) is 0 Å². The Morgan fingerprint density at radius 1 is 1.15 bits per heavy atom. The molecular weight excluding hydrogens is 414 g/mol. The first-order valence-corrected chi connectivity index (χ1v) is 12.3. The molecule has 3 aromatic rings. The second-order valence-electron chi connectivity index (χ2n) is 9.27. The van der Waals surface area contributed by atoms with Gasteiger partial charge in [-0.15, -0.1) is 0 Å². The molecule has 1 aromatic carbocycles. The Balaban J connectivity index is 1.67. The molecule has 178 valence electrons. The van der Waals surface area contributed by atoms with E-state index in [4.69, 9.17) is 10.1 Å². The molecule has 4 N–H and O–H groups in total. The van der Waals surface area contributed by atoms with Crippen LogP contribution in [-0.2, 0) is 6.54 Å². The first-order valence-electron chi connectivity index (χ1n) is 12.3. The lowest BCUT2D eigenvalue weighted by Gasteiger charge is -2.27. The van der Waals surface area contributed by atoms with Crippen LogP contribution in [0.1, 0.15) is 64.0 Å². The van der Waals surface area contributed by atoms with Crippen LogP contribution < -0.4 is 10.6 Å². The molecule has 0 saturated heterocycles. The van der Waals surface area contributed by atoms with E-state index in [9.17, 15) is 5.11 Å². The van der Waals surface area contributed by atoms with Crippen LogP contribution in [0.5, 0.6) is 0 Å². The predicted octanol–water partition coefficient (Wildman–Crippen LogP) is 4.26. The summed E-state index contributed by atoms with van der Waals surface area (Å²) in [6.07, 6.45) is 9.76. The monoisotopic (exact) mass is 451 g/mol. The van der Waals surface area contributed by atoms with Gasteiger partial charge < -0.3 is 25.4 Å². The van der Waals surface area contributed by atoms with Crippen molar-refractivity contribution in [3.05, 3.63) is 42.2 Å². The van der Waals surface area contributed by atoms with Gasteiger partial charge in [-0.25, -0.2) is 4.98 Å². The third-order valence-electron chi connectivity index (χ3n) is 6.61. The fraction of sp³-hybridized carbons (Fsp3) is 0.538. The lowest BCUT2D eigenvalue weighted by atomic mass is 9.93. The molecule has 1 saturated carbocycles. The number of anilines is 1. The highest BCUT2D eigenvalue weighted by molar-refractivity contribution is 5.94. The molecule has 2 aromatic heterocycles. The maximum Gasteiger partial charge on any atom is 0.224 e. The molecule has 1 fully saturated rings. The highest BCUT2D eigenvalue weighted by atomic mass is 16.3. The van der Waals surface area contributed by atoms with E-state index in [1.54, 1.807) is 0 Å². The van der Waals surface area contributed by atoms with Crippen LogP contribution in [0.25, 0.3) is 22.2 Å². The highest BCUT2D eigenvalue weighted by Gasteiger charge is 2.24. The molecule has 0 radical (unpaired) electrons. The maximum atomic E-state index is 10.0. The van der Waals surface area contributed by atoms with Gasteiger partial charge in [-0.2, -0.15) is 4.98 Å².